The predicted molar refractivity (Wildman–Crippen MR) is 143 cm³/mol. The van der Waals surface area contributed by atoms with E-state index in [4.69, 9.17) is 9.15 Å². The van der Waals surface area contributed by atoms with Crippen LogP contribution in [0.3, 0.4) is 0 Å². The number of nitrogens with one attached hydrogen (secondary N) is 1. The minimum absolute atomic E-state index is 0.0111. The van der Waals surface area contributed by atoms with Crippen LogP contribution in [0.25, 0.3) is 33.4 Å². The molecule has 1 N–H and O–H groups in total. The zero-order valence-electron chi connectivity index (χ0n) is 20.7. The third kappa shape index (κ3) is 4.33. The molecule has 0 unspecified atom stereocenters. The van der Waals surface area contributed by atoms with Crippen molar-refractivity contribution in [2.45, 2.75) is 26.8 Å². The third-order valence-electron chi connectivity index (χ3n) is 6.32. The van der Waals surface area contributed by atoms with Gasteiger partial charge in [-0.2, -0.15) is 0 Å². The second-order valence-electron chi connectivity index (χ2n) is 8.85. The van der Waals surface area contributed by atoms with Crippen molar-refractivity contribution in [2.75, 3.05) is 12.4 Å². The normalized spacial score (nSPS) is 11.9. The molecule has 0 aliphatic carbocycles. The highest BCUT2D eigenvalue weighted by atomic mass is 16.5. The summed E-state index contributed by atoms with van der Waals surface area (Å²) in [6.45, 7) is 5.89. The number of anilines is 1. The number of ether oxygens (including phenoxy) is 1. The number of hydrogen-bond donors (Lipinski definition) is 1. The number of fused-ring (bicyclic) bond motifs is 1. The van der Waals surface area contributed by atoms with E-state index in [-0.39, 0.29) is 11.5 Å². The first-order valence-electron chi connectivity index (χ1n) is 11.8. The minimum Gasteiger partial charge on any atom is -0.467 e. The van der Waals surface area contributed by atoms with Gasteiger partial charge in [-0.3, -0.25) is 4.79 Å². The molecule has 1 atom stereocenters. The fourth-order valence-corrected chi connectivity index (χ4v) is 4.49. The van der Waals surface area contributed by atoms with Gasteiger partial charge in [0.1, 0.15) is 11.3 Å². The average molecular weight is 478 g/mol. The number of nitrogens with zero attached hydrogens (tertiary/aromatic N) is 2. The van der Waals surface area contributed by atoms with Crippen molar-refractivity contribution in [1.82, 2.24) is 9.97 Å². The summed E-state index contributed by atoms with van der Waals surface area (Å²) in [4.78, 5) is 21.9. The van der Waals surface area contributed by atoms with E-state index in [1.54, 1.807) is 19.5 Å². The summed E-state index contributed by atoms with van der Waals surface area (Å²) in [5.41, 5.74) is 6.75. The maximum absolute atomic E-state index is 13.4. The van der Waals surface area contributed by atoms with Crippen molar-refractivity contribution in [3.8, 4) is 28.5 Å². The Morgan fingerprint density at radius 1 is 0.917 bits per heavy atom. The van der Waals surface area contributed by atoms with Crippen LogP contribution in [0.15, 0.2) is 88.3 Å². The molecule has 3 aromatic carbocycles. The maximum Gasteiger partial charge on any atom is 0.316 e. The van der Waals surface area contributed by atoms with E-state index >= 15 is 0 Å². The van der Waals surface area contributed by atoms with Gasteiger partial charge in [0.25, 0.3) is 0 Å². The summed E-state index contributed by atoms with van der Waals surface area (Å²) in [5.74, 6) is 0.598. The van der Waals surface area contributed by atoms with Crippen molar-refractivity contribution in [1.29, 1.82) is 0 Å². The Kier molecular flexibility index (Phi) is 6.25. The van der Waals surface area contributed by atoms with E-state index in [9.17, 15) is 4.79 Å². The lowest BCUT2D eigenvalue weighted by Crippen LogP contribution is -2.12. The van der Waals surface area contributed by atoms with E-state index < -0.39 is 0 Å². The fraction of sp³-hybridized carbons (Fsp3) is 0.167. The molecule has 6 nitrogen and oxygen atoms in total. The number of benzene rings is 3. The highest BCUT2D eigenvalue weighted by Crippen LogP contribution is 2.34. The molecule has 2 aromatic heterocycles. The molecule has 2 heterocycles. The molecule has 0 saturated carbocycles. The van der Waals surface area contributed by atoms with Gasteiger partial charge in [0, 0.05) is 45.9 Å². The van der Waals surface area contributed by atoms with E-state index in [1.165, 1.54) is 0 Å². The first-order chi connectivity index (χ1) is 17.5. The molecular weight excluding hydrogens is 450 g/mol. The quantitative estimate of drug-likeness (QED) is 0.293. The van der Waals surface area contributed by atoms with Crippen LogP contribution < -0.4 is 15.5 Å². The van der Waals surface area contributed by atoms with E-state index in [0.29, 0.717) is 28.3 Å². The molecule has 0 radical (unpaired) electrons. The Balaban J connectivity index is 1.60. The molecular formula is C30H27N3O3. The average Bonchev–Trinajstić information content (AvgIpc) is 2.91. The second kappa shape index (κ2) is 9.66. The van der Waals surface area contributed by atoms with Gasteiger partial charge in [-0.1, -0.05) is 54.6 Å². The van der Waals surface area contributed by atoms with Crippen LogP contribution in [0, 0.1) is 13.8 Å². The van der Waals surface area contributed by atoms with Crippen LogP contribution in [0.5, 0.6) is 6.01 Å². The van der Waals surface area contributed by atoms with Crippen molar-refractivity contribution in [3.05, 3.63) is 106 Å². The lowest BCUT2D eigenvalue weighted by atomic mass is 9.98. The lowest BCUT2D eigenvalue weighted by molar-refractivity contribution is 0.380. The first-order valence-corrected chi connectivity index (χ1v) is 11.8. The Morgan fingerprint density at radius 3 is 2.33 bits per heavy atom. The predicted octanol–water partition coefficient (Wildman–Crippen LogP) is 6.72. The van der Waals surface area contributed by atoms with Crippen LogP contribution in [0.1, 0.15) is 29.7 Å². The molecule has 0 bridgehead atoms. The SMILES string of the molecule is COc1ncc(-c2ccccc2N[C@H](C)c2cc(C)cc3c(=O)c(C)c(-c4ccccc4)oc23)cn1. The molecule has 5 rings (SSSR count). The number of para-hydroxylation sites is 1. The van der Waals surface area contributed by atoms with Crippen LogP contribution in [0.4, 0.5) is 5.69 Å². The largest absolute Gasteiger partial charge is 0.467 e. The van der Waals surface area contributed by atoms with Crippen LogP contribution in [-0.2, 0) is 0 Å². The van der Waals surface area contributed by atoms with Crippen molar-refractivity contribution in [2.24, 2.45) is 0 Å². The summed E-state index contributed by atoms with van der Waals surface area (Å²) < 4.78 is 11.6. The monoisotopic (exact) mass is 477 g/mol. The molecule has 5 aromatic rings. The molecule has 0 saturated heterocycles. The summed E-state index contributed by atoms with van der Waals surface area (Å²) in [6, 6.07) is 21.9. The van der Waals surface area contributed by atoms with Crippen LogP contribution >= 0.6 is 0 Å². The molecule has 36 heavy (non-hydrogen) atoms. The van der Waals surface area contributed by atoms with Crippen LogP contribution in [-0.4, -0.2) is 17.1 Å². The maximum atomic E-state index is 13.4. The smallest absolute Gasteiger partial charge is 0.316 e. The van der Waals surface area contributed by atoms with Gasteiger partial charge in [-0.05, 0) is 38.5 Å². The Hall–Kier alpha value is -4.45. The molecule has 0 amide bonds. The highest BCUT2D eigenvalue weighted by Gasteiger charge is 2.19. The van der Waals surface area contributed by atoms with Gasteiger partial charge in [-0.25, -0.2) is 9.97 Å². The van der Waals surface area contributed by atoms with Gasteiger partial charge < -0.3 is 14.5 Å². The first kappa shape index (κ1) is 23.3. The van der Waals surface area contributed by atoms with E-state index in [1.807, 2.05) is 74.5 Å². The van der Waals surface area contributed by atoms with E-state index in [0.717, 1.165) is 33.5 Å². The van der Waals surface area contributed by atoms with Gasteiger partial charge >= 0.3 is 6.01 Å². The number of methoxy groups -OCH3 is 1. The fourth-order valence-electron chi connectivity index (χ4n) is 4.49. The zero-order valence-corrected chi connectivity index (χ0v) is 20.7. The number of hydrogen-bond acceptors (Lipinski definition) is 6. The highest BCUT2D eigenvalue weighted by molar-refractivity contribution is 5.85. The van der Waals surface area contributed by atoms with E-state index in [2.05, 4.69) is 28.3 Å². The van der Waals surface area contributed by atoms with Gasteiger partial charge in [-0.15, -0.1) is 0 Å². The summed E-state index contributed by atoms with van der Waals surface area (Å²) in [5, 5.41) is 4.21. The number of aryl methyl sites for hydroxylation is 1. The number of rotatable bonds is 6. The Bertz CT molecular complexity index is 1590. The summed E-state index contributed by atoms with van der Waals surface area (Å²) >= 11 is 0. The van der Waals surface area contributed by atoms with Crippen LogP contribution in [0.2, 0.25) is 0 Å². The molecule has 180 valence electrons. The zero-order chi connectivity index (χ0) is 25.2. The summed E-state index contributed by atoms with van der Waals surface area (Å²) in [6.07, 6.45) is 3.49. The van der Waals surface area contributed by atoms with Crippen molar-refractivity contribution >= 4 is 16.7 Å². The Morgan fingerprint density at radius 2 is 1.61 bits per heavy atom. The molecule has 0 aliphatic rings. The van der Waals surface area contributed by atoms with Gasteiger partial charge in [0.15, 0.2) is 5.43 Å². The lowest BCUT2D eigenvalue weighted by Gasteiger charge is -2.20. The Labute approximate surface area is 209 Å². The second-order valence-corrected chi connectivity index (χ2v) is 8.85. The number of aromatic nitrogens is 2. The topological polar surface area (TPSA) is 77.2 Å². The van der Waals surface area contributed by atoms with Gasteiger partial charge in [0.05, 0.1) is 18.5 Å². The van der Waals surface area contributed by atoms with Crippen molar-refractivity contribution in [3.63, 3.8) is 0 Å². The third-order valence-corrected chi connectivity index (χ3v) is 6.32. The van der Waals surface area contributed by atoms with Crippen molar-refractivity contribution < 1.29 is 9.15 Å². The standard InChI is InChI=1S/C30H27N3O3/c1-18-14-24(29-25(15-18)27(34)19(2)28(36-29)21-10-6-5-7-11-21)20(3)33-26-13-9-8-12-23(26)22-16-31-30(35-4)32-17-22/h5-17,20,33H,1-4H3/t20-/m1/s1. The summed E-state index contributed by atoms with van der Waals surface area (Å²) in [7, 11) is 1.54. The van der Waals surface area contributed by atoms with Gasteiger partial charge in [0.2, 0.25) is 0 Å². The molecule has 0 spiro atoms. The molecule has 0 aliphatic heterocycles. The molecule has 6 heteroatoms. The minimum atomic E-state index is -0.151. The molecule has 0 fully saturated rings.